The van der Waals surface area contributed by atoms with Crippen LogP contribution in [0.1, 0.15) is 40.5 Å². The smallest absolute Gasteiger partial charge is 0.239 e. The van der Waals surface area contributed by atoms with Crippen LogP contribution in [0.15, 0.2) is 58.8 Å². The predicted molar refractivity (Wildman–Crippen MR) is 140 cm³/mol. The summed E-state index contributed by atoms with van der Waals surface area (Å²) >= 11 is 8.82. The number of nitrogens with one attached hydrogen (secondary N) is 2. The molecule has 5 nitrogen and oxygen atoms in total. The molecule has 1 aromatic heterocycles. The van der Waals surface area contributed by atoms with Crippen LogP contribution in [0.5, 0.6) is 0 Å². The highest BCUT2D eigenvalue weighted by atomic mass is 35.5. The Labute approximate surface area is 208 Å². The van der Waals surface area contributed by atoms with E-state index in [1.165, 1.54) is 23.1 Å². The molecule has 0 fully saturated rings. The second kappa shape index (κ2) is 11.2. The molecule has 3 rings (SSSR count). The summed E-state index contributed by atoms with van der Waals surface area (Å²) in [4.78, 5) is 30.6. The van der Waals surface area contributed by atoms with Crippen LogP contribution in [0, 0.1) is 5.41 Å². The molecule has 0 aliphatic heterocycles. The lowest BCUT2D eigenvalue weighted by Crippen LogP contribution is -2.24. The Morgan fingerprint density at radius 3 is 2.52 bits per heavy atom. The Balaban J connectivity index is 1.62. The van der Waals surface area contributed by atoms with Crippen LogP contribution in [-0.2, 0) is 9.59 Å². The molecule has 0 radical (unpaired) electrons. The molecule has 0 spiro atoms. The van der Waals surface area contributed by atoms with Crippen molar-refractivity contribution in [1.29, 1.82) is 0 Å². The van der Waals surface area contributed by atoms with E-state index in [4.69, 9.17) is 11.6 Å². The van der Waals surface area contributed by atoms with Crippen LogP contribution in [0.4, 0.5) is 10.8 Å². The van der Waals surface area contributed by atoms with Crippen molar-refractivity contribution < 1.29 is 9.59 Å². The number of amides is 2. The maximum atomic E-state index is 12.9. The fourth-order valence-electron chi connectivity index (χ4n) is 3.09. The molecule has 0 saturated carbocycles. The molecule has 2 aromatic carbocycles. The lowest BCUT2D eigenvalue weighted by atomic mass is 9.92. The molecule has 174 valence electrons. The minimum absolute atomic E-state index is 0.0188. The minimum atomic E-state index is -0.284. The van der Waals surface area contributed by atoms with Crippen molar-refractivity contribution in [3.63, 3.8) is 0 Å². The van der Waals surface area contributed by atoms with Gasteiger partial charge in [0, 0.05) is 33.0 Å². The third-order valence-electron chi connectivity index (χ3n) is 4.62. The Kier molecular flexibility index (Phi) is 8.57. The van der Waals surface area contributed by atoms with Crippen LogP contribution >= 0.6 is 34.7 Å². The Hall–Kier alpha value is -2.35. The first-order chi connectivity index (χ1) is 15.6. The summed E-state index contributed by atoms with van der Waals surface area (Å²) < 4.78 is 0. The molecular formula is C25H28ClN3O2S2. The van der Waals surface area contributed by atoms with E-state index in [-0.39, 0.29) is 22.5 Å². The highest BCUT2D eigenvalue weighted by molar-refractivity contribution is 8.00. The molecule has 2 amide bonds. The van der Waals surface area contributed by atoms with Crippen molar-refractivity contribution in [3.05, 3.63) is 58.9 Å². The molecular weight excluding hydrogens is 474 g/mol. The highest BCUT2D eigenvalue weighted by Gasteiger charge is 2.20. The van der Waals surface area contributed by atoms with Gasteiger partial charge in [-0.2, -0.15) is 0 Å². The van der Waals surface area contributed by atoms with Gasteiger partial charge < -0.3 is 10.6 Å². The number of carbonyl (C=O) groups excluding carboxylic acids is 2. The van der Waals surface area contributed by atoms with Gasteiger partial charge in [-0.25, -0.2) is 4.98 Å². The maximum Gasteiger partial charge on any atom is 0.239 e. The summed E-state index contributed by atoms with van der Waals surface area (Å²) in [6.07, 6.45) is 1.10. The largest absolute Gasteiger partial charge is 0.326 e. The number of halogens is 1. The first kappa shape index (κ1) is 25.3. The number of benzene rings is 2. The van der Waals surface area contributed by atoms with Crippen molar-refractivity contribution in [3.8, 4) is 11.3 Å². The molecule has 0 bridgehead atoms. The van der Waals surface area contributed by atoms with Crippen LogP contribution in [0.3, 0.4) is 0 Å². The number of anilines is 2. The summed E-state index contributed by atoms with van der Waals surface area (Å²) in [5.74, 6) is -0.114. The van der Waals surface area contributed by atoms with Gasteiger partial charge in [0.2, 0.25) is 11.8 Å². The third-order valence-corrected chi connectivity index (χ3v) is 6.99. The van der Waals surface area contributed by atoms with Crippen molar-refractivity contribution in [2.75, 3.05) is 10.6 Å². The fraction of sp³-hybridized carbons (Fsp3) is 0.320. The van der Waals surface area contributed by atoms with Gasteiger partial charge in [0.15, 0.2) is 5.13 Å². The van der Waals surface area contributed by atoms with E-state index in [1.54, 1.807) is 0 Å². The molecule has 0 aliphatic carbocycles. The molecule has 1 unspecified atom stereocenters. The van der Waals surface area contributed by atoms with Crippen LogP contribution < -0.4 is 10.6 Å². The van der Waals surface area contributed by atoms with Gasteiger partial charge in [-0.3, -0.25) is 9.59 Å². The van der Waals surface area contributed by atoms with E-state index in [0.29, 0.717) is 23.0 Å². The topological polar surface area (TPSA) is 71.1 Å². The third kappa shape index (κ3) is 7.88. The van der Waals surface area contributed by atoms with Gasteiger partial charge in [-0.05, 0) is 42.2 Å². The lowest BCUT2D eigenvalue weighted by molar-refractivity contribution is -0.118. The van der Waals surface area contributed by atoms with Gasteiger partial charge in [-0.1, -0.05) is 57.5 Å². The van der Waals surface area contributed by atoms with E-state index in [9.17, 15) is 9.59 Å². The first-order valence-electron chi connectivity index (χ1n) is 10.7. The molecule has 8 heteroatoms. The number of nitrogens with zero attached hydrogens (tertiary/aromatic N) is 1. The summed E-state index contributed by atoms with van der Waals surface area (Å²) in [6.45, 7) is 8.08. The van der Waals surface area contributed by atoms with Crippen molar-refractivity contribution in [1.82, 2.24) is 4.98 Å². The molecule has 1 heterocycles. The van der Waals surface area contributed by atoms with E-state index in [1.807, 2.05) is 81.6 Å². The molecule has 33 heavy (non-hydrogen) atoms. The monoisotopic (exact) mass is 501 g/mol. The van der Waals surface area contributed by atoms with E-state index < -0.39 is 0 Å². The Morgan fingerprint density at radius 1 is 1.12 bits per heavy atom. The SMILES string of the molecule is CCC(Sc1cccc(NC(=O)CC(C)(C)C)c1)C(=O)Nc1nc(-c2ccc(Cl)cc2)cs1. The predicted octanol–water partition coefficient (Wildman–Crippen LogP) is 7.35. The summed E-state index contributed by atoms with van der Waals surface area (Å²) in [5, 5.41) is 8.75. The quantitative estimate of drug-likeness (QED) is 0.316. The van der Waals surface area contributed by atoms with Gasteiger partial charge in [-0.15, -0.1) is 23.1 Å². The normalized spacial score (nSPS) is 12.3. The molecule has 2 N–H and O–H groups in total. The summed E-state index contributed by atoms with van der Waals surface area (Å²) in [7, 11) is 0. The molecule has 1 atom stereocenters. The minimum Gasteiger partial charge on any atom is -0.326 e. The number of hydrogen-bond acceptors (Lipinski definition) is 5. The second-order valence-corrected chi connectivity index (χ2v) is 11.4. The summed E-state index contributed by atoms with van der Waals surface area (Å²) in [6, 6.07) is 15.0. The van der Waals surface area contributed by atoms with E-state index >= 15 is 0 Å². The second-order valence-electron chi connectivity index (χ2n) is 8.86. The average molecular weight is 502 g/mol. The van der Waals surface area contributed by atoms with Crippen molar-refractivity contribution >= 4 is 57.3 Å². The number of carbonyl (C=O) groups is 2. The number of thiazole rings is 1. The van der Waals surface area contributed by atoms with Gasteiger partial charge >= 0.3 is 0 Å². The number of thioether (sulfide) groups is 1. The molecule has 3 aromatic rings. The van der Waals surface area contributed by atoms with Crippen molar-refractivity contribution in [2.45, 2.75) is 50.7 Å². The number of aromatic nitrogens is 1. The van der Waals surface area contributed by atoms with Gasteiger partial charge in [0.1, 0.15) is 0 Å². The fourth-order valence-corrected chi connectivity index (χ4v) is 4.95. The van der Waals surface area contributed by atoms with Crippen LogP contribution in [-0.4, -0.2) is 22.0 Å². The Bertz CT molecular complexity index is 1110. The summed E-state index contributed by atoms with van der Waals surface area (Å²) in [5.41, 5.74) is 2.40. The zero-order valence-corrected chi connectivity index (χ0v) is 21.5. The lowest BCUT2D eigenvalue weighted by Gasteiger charge is -2.18. The highest BCUT2D eigenvalue weighted by Crippen LogP contribution is 2.30. The standard InChI is InChI=1S/C25H28ClN3O2S2/c1-5-21(33-19-8-6-7-18(13-19)27-22(30)14-25(2,3)4)23(31)29-24-28-20(15-32-24)16-9-11-17(26)12-10-16/h6-13,15,21H,5,14H2,1-4H3,(H,27,30)(H,28,29,31). The zero-order chi connectivity index (χ0) is 24.0. The number of rotatable bonds is 8. The first-order valence-corrected chi connectivity index (χ1v) is 12.9. The van der Waals surface area contributed by atoms with Crippen LogP contribution in [0.2, 0.25) is 5.02 Å². The van der Waals surface area contributed by atoms with E-state index in [2.05, 4.69) is 15.6 Å². The maximum absolute atomic E-state index is 12.9. The van der Waals surface area contributed by atoms with Gasteiger partial charge in [0.05, 0.1) is 10.9 Å². The number of hydrogen-bond donors (Lipinski definition) is 2. The van der Waals surface area contributed by atoms with Crippen LogP contribution in [0.25, 0.3) is 11.3 Å². The van der Waals surface area contributed by atoms with Gasteiger partial charge in [0.25, 0.3) is 0 Å². The zero-order valence-electron chi connectivity index (χ0n) is 19.1. The van der Waals surface area contributed by atoms with Crippen molar-refractivity contribution in [2.24, 2.45) is 5.41 Å². The average Bonchev–Trinajstić information content (AvgIpc) is 3.19. The van der Waals surface area contributed by atoms with E-state index in [0.717, 1.165) is 21.8 Å². The Morgan fingerprint density at radius 2 is 1.85 bits per heavy atom. The molecule has 0 saturated heterocycles. The molecule has 0 aliphatic rings.